The third-order valence-electron chi connectivity index (χ3n) is 6.84. The second kappa shape index (κ2) is 14.2. The van der Waals surface area contributed by atoms with Gasteiger partial charge >= 0.3 is 0 Å². The van der Waals surface area contributed by atoms with Crippen LogP contribution in [0.25, 0.3) is 0 Å². The number of rotatable bonds is 12. The lowest BCUT2D eigenvalue weighted by Gasteiger charge is -2.45. The minimum Gasteiger partial charge on any atom is -0.368 e. The maximum atomic E-state index is 6.61. The lowest BCUT2D eigenvalue weighted by atomic mass is 9.98. The minimum atomic E-state index is -0.624. The highest BCUT2D eigenvalue weighted by Crippen LogP contribution is 2.31. The van der Waals surface area contributed by atoms with Crippen LogP contribution in [0.1, 0.15) is 29.2 Å². The summed E-state index contributed by atoms with van der Waals surface area (Å²) in [6.45, 7) is 3.71. The Balaban J connectivity index is 1.38. The van der Waals surface area contributed by atoms with Crippen LogP contribution in [0.3, 0.4) is 0 Å². The summed E-state index contributed by atoms with van der Waals surface area (Å²) >= 11 is 0. The average molecular weight is 525 g/mol. The van der Waals surface area contributed by atoms with Gasteiger partial charge in [0.15, 0.2) is 6.29 Å². The highest BCUT2D eigenvalue weighted by molar-refractivity contribution is 5.16. The maximum Gasteiger partial charge on any atom is 0.187 e. The summed E-state index contributed by atoms with van der Waals surface area (Å²) in [5.74, 6) is 0. The van der Waals surface area contributed by atoms with Crippen LogP contribution in [0.15, 0.2) is 121 Å². The molecule has 5 nitrogen and oxygen atoms in total. The van der Waals surface area contributed by atoms with Gasteiger partial charge < -0.3 is 23.7 Å². The van der Waals surface area contributed by atoms with Crippen LogP contribution in [-0.2, 0) is 50.1 Å². The maximum absolute atomic E-state index is 6.61. The molecule has 0 saturated carbocycles. The van der Waals surface area contributed by atoms with Gasteiger partial charge in [0.05, 0.1) is 32.5 Å². The molecule has 0 radical (unpaired) electrons. The van der Waals surface area contributed by atoms with E-state index in [4.69, 9.17) is 23.7 Å². The molecule has 0 N–H and O–H groups in total. The molecule has 0 spiro atoms. The van der Waals surface area contributed by atoms with E-state index in [9.17, 15) is 0 Å². The van der Waals surface area contributed by atoms with E-state index in [1.807, 2.05) is 91.9 Å². The first-order valence-electron chi connectivity index (χ1n) is 13.5. The van der Waals surface area contributed by atoms with Crippen LogP contribution in [0.2, 0.25) is 0 Å². The van der Waals surface area contributed by atoms with Gasteiger partial charge in [0.1, 0.15) is 18.3 Å². The lowest BCUT2D eigenvalue weighted by Crippen LogP contribution is -2.60. The van der Waals surface area contributed by atoms with Crippen molar-refractivity contribution < 1.29 is 23.7 Å². The Hall–Kier alpha value is -3.32. The number of benzene rings is 4. The SMILES string of the molecule is CC1OC(OCc2ccccc2)C(OCc2ccccc2)C(OCc2ccccc2)C1OCc1ccccc1. The molecule has 0 amide bonds. The molecule has 1 fully saturated rings. The van der Waals surface area contributed by atoms with Crippen molar-refractivity contribution in [2.24, 2.45) is 0 Å². The van der Waals surface area contributed by atoms with E-state index in [1.54, 1.807) is 0 Å². The molecule has 0 aliphatic carbocycles. The minimum absolute atomic E-state index is 0.271. The average Bonchev–Trinajstić information content (AvgIpc) is 3.00. The van der Waals surface area contributed by atoms with Crippen LogP contribution in [0, 0.1) is 0 Å². The lowest BCUT2D eigenvalue weighted by molar-refractivity contribution is -0.322. The molecule has 1 heterocycles. The normalized spacial score (nSPS) is 22.9. The zero-order valence-corrected chi connectivity index (χ0v) is 22.3. The third-order valence-corrected chi connectivity index (χ3v) is 6.84. The molecule has 5 heteroatoms. The van der Waals surface area contributed by atoms with Crippen molar-refractivity contribution in [1.29, 1.82) is 0 Å². The molecular weight excluding hydrogens is 488 g/mol. The van der Waals surface area contributed by atoms with Gasteiger partial charge in [-0.15, -0.1) is 0 Å². The van der Waals surface area contributed by atoms with Crippen molar-refractivity contribution in [3.05, 3.63) is 144 Å². The zero-order valence-electron chi connectivity index (χ0n) is 22.3. The molecule has 5 rings (SSSR count). The summed E-state index contributed by atoms with van der Waals surface area (Å²) in [7, 11) is 0. The molecule has 202 valence electrons. The van der Waals surface area contributed by atoms with Gasteiger partial charge in [-0.2, -0.15) is 0 Å². The van der Waals surface area contributed by atoms with Crippen molar-refractivity contribution in [3.63, 3.8) is 0 Å². The topological polar surface area (TPSA) is 46.2 Å². The first-order valence-corrected chi connectivity index (χ1v) is 13.5. The second-order valence-electron chi connectivity index (χ2n) is 9.79. The smallest absolute Gasteiger partial charge is 0.187 e. The summed E-state index contributed by atoms with van der Waals surface area (Å²) in [5.41, 5.74) is 4.32. The van der Waals surface area contributed by atoms with E-state index in [2.05, 4.69) is 36.4 Å². The number of ether oxygens (including phenoxy) is 5. The molecule has 1 aliphatic rings. The van der Waals surface area contributed by atoms with Gasteiger partial charge in [-0.05, 0) is 29.2 Å². The van der Waals surface area contributed by atoms with Gasteiger partial charge in [0.25, 0.3) is 0 Å². The van der Waals surface area contributed by atoms with Gasteiger partial charge in [0.2, 0.25) is 0 Å². The Bertz CT molecular complexity index is 1220. The van der Waals surface area contributed by atoms with Gasteiger partial charge in [-0.25, -0.2) is 0 Å². The summed E-state index contributed by atoms with van der Waals surface area (Å²) < 4.78 is 32.4. The highest BCUT2D eigenvalue weighted by Gasteiger charge is 2.47. The summed E-state index contributed by atoms with van der Waals surface area (Å²) in [6, 6.07) is 40.5. The van der Waals surface area contributed by atoms with E-state index in [0.717, 1.165) is 22.3 Å². The van der Waals surface area contributed by atoms with Crippen LogP contribution in [-0.4, -0.2) is 30.7 Å². The molecule has 1 aliphatic heterocycles. The molecule has 5 atom stereocenters. The third kappa shape index (κ3) is 7.85. The van der Waals surface area contributed by atoms with Crippen molar-refractivity contribution in [2.75, 3.05) is 0 Å². The molecule has 0 aromatic heterocycles. The highest BCUT2D eigenvalue weighted by atomic mass is 16.7. The van der Waals surface area contributed by atoms with Crippen molar-refractivity contribution in [3.8, 4) is 0 Å². The Morgan fingerprint density at radius 1 is 0.436 bits per heavy atom. The Morgan fingerprint density at radius 2 is 0.769 bits per heavy atom. The monoisotopic (exact) mass is 524 g/mol. The van der Waals surface area contributed by atoms with E-state index in [0.29, 0.717) is 26.4 Å². The fourth-order valence-corrected chi connectivity index (χ4v) is 4.76. The van der Waals surface area contributed by atoms with E-state index in [-0.39, 0.29) is 12.2 Å². The van der Waals surface area contributed by atoms with Crippen LogP contribution in [0.5, 0.6) is 0 Å². The first kappa shape index (κ1) is 27.3. The molecular formula is C34H36O5. The standard InChI is InChI=1S/C34H36O5/c1-26-31(35-22-27-14-6-2-7-15-27)32(36-23-28-16-8-3-9-17-28)33(37-24-29-18-10-4-11-19-29)34(39-26)38-25-30-20-12-5-13-21-30/h2-21,26,31-34H,22-25H2,1H3. The molecule has 1 saturated heterocycles. The largest absolute Gasteiger partial charge is 0.368 e. The fraction of sp³-hybridized carbons (Fsp3) is 0.294. The van der Waals surface area contributed by atoms with E-state index < -0.39 is 18.5 Å². The Labute approximate surface area is 231 Å². The predicted octanol–water partition coefficient (Wildman–Crippen LogP) is 6.70. The Kier molecular flexibility index (Phi) is 9.91. The van der Waals surface area contributed by atoms with E-state index >= 15 is 0 Å². The zero-order chi connectivity index (χ0) is 26.7. The fourth-order valence-electron chi connectivity index (χ4n) is 4.76. The van der Waals surface area contributed by atoms with Crippen LogP contribution < -0.4 is 0 Å². The number of hydrogen-bond donors (Lipinski definition) is 0. The van der Waals surface area contributed by atoms with Crippen molar-refractivity contribution in [2.45, 2.75) is 64.1 Å². The van der Waals surface area contributed by atoms with Crippen molar-refractivity contribution in [1.82, 2.24) is 0 Å². The Morgan fingerprint density at radius 3 is 1.18 bits per heavy atom. The summed E-state index contributed by atoms with van der Waals surface area (Å²) in [4.78, 5) is 0. The van der Waals surface area contributed by atoms with Gasteiger partial charge in [0, 0.05) is 0 Å². The second-order valence-corrected chi connectivity index (χ2v) is 9.79. The quantitative estimate of drug-likeness (QED) is 0.206. The summed E-state index contributed by atoms with van der Waals surface area (Å²) in [5, 5.41) is 0. The molecule has 4 aromatic rings. The van der Waals surface area contributed by atoms with Gasteiger partial charge in [-0.3, -0.25) is 0 Å². The van der Waals surface area contributed by atoms with Crippen molar-refractivity contribution >= 4 is 0 Å². The van der Waals surface area contributed by atoms with Gasteiger partial charge in [-0.1, -0.05) is 121 Å². The molecule has 0 bridgehead atoms. The first-order chi connectivity index (χ1) is 19.3. The molecule has 4 aromatic carbocycles. The summed E-state index contributed by atoms with van der Waals surface area (Å²) in [6.07, 6.45) is -2.17. The molecule has 5 unspecified atom stereocenters. The molecule has 39 heavy (non-hydrogen) atoms. The predicted molar refractivity (Wildman–Crippen MR) is 151 cm³/mol. The number of hydrogen-bond acceptors (Lipinski definition) is 5. The van der Waals surface area contributed by atoms with Crippen LogP contribution in [0.4, 0.5) is 0 Å². The van der Waals surface area contributed by atoms with E-state index in [1.165, 1.54) is 0 Å². The van der Waals surface area contributed by atoms with Crippen LogP contribution >= 0.6 is 0 Å².